The normalized spacial score (nSPS) is 14.2. The molecule has 2 N–H and O–H groups in total. The van der Waals surface area contributed by atoms with Gasteiger partial charge >= 0.3 is 0 Å². The average molecular weight is 529 g/mol. The highest BCUT2D eigenvalue weighted by molar-refractivity contribution is 6.07. The standard InChI is InChI=1S/C32H40N4O3/c1-34(2)16-15-33-28-8-6-7-27(24-28)31(38)14-12-26-23-25(29-9-4-5-10-32(29)39-3)11-13-30(26)36-19-17-35(18-20-36)21-22-37/h4-14,23-24,33,37H,15-22H2,1-3H3. The molecule has 0 spiro atoms. The number of allylic oxidation sites excluding steroid dienone is 1. The Morgan fingerprint density at radius 2 is 1.82 bits per heavy atom. The molecule has 0 amide bonds. The van der Waals surface area contributed by atoms with E-state index in [1.54, 1.807) is 13.2 Å². The fraction of sp³-hybridized carbons (Fsp3) is 0.344. The monoisotopic (exact) mass is 528 g/mol. The van der Waals surface area contributed by atoms with Gasteiger partial charge in [0, 0.05) is 68.3 Å². The minimum atomic E-state index is -0.0346. The molecule has 4 rings (SSSR count). The van der Waals surface area contributed by atoms with Gasteiger partial charge in [-0.1, -0.05) is 36.4 Å². The number of rotatable bonds is 12. The van der Waals surface area contributed by atoms with Crippen LogP contribution in [0.1, 0.15) is 15.9 Å². The summed E-state index contributed by atoms with van der Waals surface area (Å²) in [5.74, 6) is 0.778. The minimum Gasteiger partial charge on any atom is -0.496 e. The number of methoxy groups -OCH3 is 1. The van der Waals surface area contributed by atoms with Crippen LogP contribution < -0.4 is 15.0 Å². The van der Waals surface area contributed by atoms with E-state index in [1.165, 1.54) is 0 Å². The van der Waals surface area contributed by atoms with Gasteiger partial charge in [0.05, 0.1) is 13.7 Å². The molecular formula is C32H40N4O3. The fourth-order valence-electron chi connectivity index (χ4n) is 4.85. The molecule has 0 bridgehead atoms. The number of aliphatic hydroxyl groups is 1. The summed E-state index contributed by atoms with van der Waals surface area (Å²) in [5, 5.41) is 12.7. The number of nitrogens with zero attached hydrogens (tertiary/aromatic N) is 3. The van der Waals surface area contributed by atoms with E-state index < -0.39 is 0 Å². The zero-order chi connectivity index (χ0) is 27.6. The number of para-hydroxylation sites is 1. The van der Waals surface area contributed by atoms with Crippen LogP contribution in [0.5, 0.6) is 5.75 Å². The number of hydrogen-bond donors (Lipinski definition) is 2. The summed E-state index contributed by atoms with van der Waals surface area (Å²) in [7, 11) is 5.76. The first-order valence-corrected chi connectivity index (χ1v) is 13.5. The second-order valence-electron chi connectivity index (χ2n) is 10.0. The number of likely N-dealkylation sites (N-methyl/N-ethyl adjacent to an activating group) is 1. The third kappa shape index (κ3) is 7.69. The van der Waals surface area contributed by atoms with Crippen molar-refractivity contribution >= 4 is 23.2 Å². The van der Waals surface area contributed by atoms with Crippen LogP contribution in [0.2, 0.25) is 0 Å². The van der Waals surface area contributed by atoms with Gasteiger partial charge in [-0.15, -0.1) is 0 Å². The summed E-state index contributed by atoms with van der Waals surface area (Å²) in [5.41, 5.74) is 5.73. The van der Waals surface area contributed by atoms with Gasteiger partial charge in [-0.25, -0.2) is 0 Å². The molecule has 1 fully saturated rings. The Morgan fingerprint density at radius 3 is 2.56 bits per heavy atom. The lowest BCUT2D eigenvalue weighted by Crippen LogP contribution is -2.47. The molecule has 0 radical (unpaired) electrons. The summed E-state index contributed by atoms with van der Waals surface area (Å²) in [6.45, 7) is 6.12. The molecule has 1 heterocycles. The fourth-order valence-corrected chi connectivity index (χ4v) is 4.85. The molecule has 7 heteroatoms. The topological polar surface area (TPSA) is 68.3 Å². The number of hydrogen-bond acceptors (Lipinski definition) is 7. The molecule has 0 atom stereocenters. The molecule has 1 saturated heterocycles. The number of benzene rings is 3. The smallest absolute Gasteiger partial charge is 0.185 e. The van der Waals surface area contributed by atoms with E-state index in [4.69, 9.17) is 4.74 Å². The van der Waals surface area contributed by atoms with E-state index in [0.29, 0.717) is 12.1 Å². The molecule has 7 nitrogen and oxygen atoms in total. The summed E-state index contributed by atoms with van der Waals surface area (Å²) >= 11 is 0. The second-order valence-corrected chi connectivity index (χ2v) is 10.0. The van der Waals surface area contributed by atoms with E-state index in [0.717, 1.165) is 73.1 Å². The van der Waals surface area contributed by atoms with E-state index in [-0.39, 0.29) is 12.4 Å². The van der Waals surface area contributed by atoms with Crippen LogP contribution in [0, 0.1) is 0 Å². The van der Waals surface area contributed by atoms with Gasteiger partial charge in [-0.2, -0.15) is 0 Å². The number of carbonyl (C=O) groups is 1. The first-order chi connectivity index (χ1) is 19.0. The number of ether oxygens (including phenoxy) is 1. The maximum atomic E-state index is 13.2. The van der Waals surface area contributed by atoms with Crippen LogP contribution in [-0.4, -0.2) is 94.3 Å². The van der Waals surface area contributed by atoms with Crippen molar-refractivity contribution in [3.8, 4) is 16.9 Å². The Labute approximate surface area is 232 Å². The Kier molecular flexibility index (Phi) is 10.1. The van der Waals surface area contributed by atoms with Crippen LogP contribution >= 0.6 is 0 Å². The Balaban J connectivity index is 1.60. The summed E-state index contributed by atoms with van der Waals surface area (Å²) < 4.78 is 5.61. The molecule has 1 aliphatic heterocycles. The minimum absolute atomic E-state index is 0.0346. The van der Waals surface area contributed by atoms with Crippen molar-refractivity contribution in [3.05, 3.63) is 83.9 Å². The van der Waals surface area contributed by atoms with Crippen LogP contribution in [0.3, 0.4) is 0 Å². The number of β-amino-alcohol motifs (C(OH)–C–C–N with tert-alkyl or cyclic N) is 1. The van der Waals surface area contributed by atoms with E-state index in [9.17, 15) is 9.90 Å². The number of carbonyl (C=O) groups excluding carboxylic acids is 1. The number of piperazine rings is 1. The molecule has 3 aromatic rings. The van der Waals surface area contributed by atoms with E-state index in [1.807, 2.05) is 62.6 Å². The van der Waals surface area contributed by atoms with E-state index >= 15 is 0 Å². The first-order valence-electron chi connectivity index (χ1n) is 13.5. The second kappa shape index (κ2) is 13.9. The van der Waals surface area contributed by atoms with Crippen LogP contribution in [0.4, 0.5) is 11.4 Å². The summed E-state index contributed by atoms with van der Waals surface area (Å²) in [4.78, 5) is 20.0. The highest BCUT2D eigenvalue weighted by Gasteiger charge is 2.19. The molecule has 3 aromatic carbocycles. The quantitative estimate of drug-likeness (QED) is 0.268. The van der Waals surface area contributed by atoms with Crippen molar-refractivity contribution in [2.45, 2.75) is 0 Å². The first kappa shape index (κ1) is 28.4. The van der Waals surface area contributed by atoms with Gasteiger partial charge in [-0.3, -0.25) is 9.69 Å². The SMILES string of the molecule is COc1ccccc1-c1ccc(N2CCN(CCO)CC2)c(C=CC(=O)c2cccc(NCCN(C)C)c2)c1. The summed E-state index contributed by atoms with van der Waals surface area (Å²) in [6, 6.07) is 22.0. The lowest BCUT2D eigenvalue weighted by molar-refractivity contribution is 0.104. The largest absolute Gasteiger partial charge is 0.496 e. The number of nitrogens with one attached hydrogen (secondary N) is 1. The van der Waals surface area contributed by atoms with Crippen LogP contribution in [0.25, 0.3) is 17.2 Å². The molecule has 39 heavy (non-hydrogen) atoms. The number of aliphatic hydroxyl groups excluding tert-OH is 1. The molecular weight excluding hydrogens is 488 g/mol. The van der Waals surface area contributed by atoms with Gasteiger partial charge in [0.2, 0.25) is 0 Å². The predicted molar refractivity (Wildman–Crippen MR) is 161 cm³/mol. The van der Waals surface area contributed by atoms with E-state index in [2.05, 4.69) is 44.3 Å². The highest BCUT2D eigenvalue weighted by atomic mass is 16.5. The highest BCUT2D eigenvalue weighted by Crippen LogP contribution is 2.34. The lowest BCUT2D eigenvalue weighted by Gasteiger charge is -2.36. The maximum Gasteiger partial charge on any atom is 0.185 e. The zero-order valence-electron chi connectivity index (χ0n) is 23.3. The van der Waals surface area contributed by atoms with Crippen LogP contribution in [-0.2, 0) is 0 Å². The van der Waals surface area contributed by atoms with Gasteiger partial charge < -0.3 is 25.0 Å². The third-order valence-electron chi connectivity index (χ3n) is 7.02. The van der Waals surface area contributed by atoms with Gasteiger partial charge in [-0.05, 0) is 67.7 Å². The predicted octanol–water partition coefficient (Wildman–Crippen LogP) is 4.35. The van der Waals surface area contributed by atoms with Crippen molar-refractivity contribution in [3.63, 3.8) is 0 Å². The Hall–Kier alpha value is -3.65. The molecule has 0 aliphatic carbocycles. The van der Waals surface area contributed by atoms with Crippen molar-refractivity contribution in [2.75, 3.05) is 83.8 Å². The maximum absolute atomic E-state index is 13.2. The van der Waals surface area contributed by atoms with Crippen LogP contribution in [0.15, 0.2) is 72.8 Å². The van der Waals surface area contributed by atoms with Crippen molar-refractivity contribution in [1.29, 1.82) is 0 Å². The number of anilines is 2. The Morgan fingerprint density at radius 1 is 1.03 bits per heavy atom. The van der Waals surface area contributed by atoms with Gasteiger partial charge in [0.25, 0.3) is 0 Å². The number of ketones is 1. The molecule has 206 valence electrons. The lowest BCUT2D eigenvalue weighted by atomic mass is 9.99. The van der Waals surface area contributed by atoms with Gasteiger partial charge in [0.15, 0.2) is 5.78 Å². The molecule has 1 aliphatic rings. The van der Waals surface area contributed by atoms with Crippen molar-refractivity contribution in [1.82, 2.24) is 9.80 Å². The average Bonchev–Trinajstić information content (AvgIpc) is 2.96. The third-order valence-corrected chi connectivity index (χ3v) is 7.02. The molecule has 0 aromatic heterocycles. The Bertz CT molecular complexity index is 1270. The van der Waals surface area contributed by atoms with Gasteiger partial charge in [0.1, 0.15) is 5.75 Å². The van der Waals surface area contributed by atoms with Crippen molar-refractivity contribution in [2.24, 2.45) is 0 Å². The molecule has 0 unspecified atom stereocenters. The van der Waals surface area contributed by atoms with Crippen molar-refractivity contribution < 1.29 is 14.6 Å². The summed E-state index contributed by atoms with van der Waals surface area (Å²) in [6.07, 6.45) is 3.61. The molecule has 0 saturated carbocycles. The zero-order valence-corrected chi connectivity index (χ0v) is 23.3.